The van der Waals surface area contributed by atoms with E-state index in [-0.39, 0.29) is 5.69 Å². The maximum absolute atomic E-state index is 10.8. The SMILES string of the molecule is Cc1cc(C(=O)O)n(CC(C)C)n1. The lowest BCUT2D eigenvalue weighted by Gasteiger charge is -2.06. The first-order valence-corrected chi connectivity index (χ1v) is 4.28. The van der Waals surface area contributed by atoms with Crippen molar-refractivity contribution in [2.75, 3.05) is 0 Å². The van der Waals surface area contributed by atoms with Gasteiger partial charge in [0.05, 0.1) is 5.69 Å². The van der Waals surface area contributed by atoms with E-state index in [9.17, 15) is 4.79 Å². The first kappa shape index (κ1) is 9.77. The van der Waals surface area contributed by atoms with Gasteiger partial charge in [0.25, 0.3) is 0 Å². The Bertz CT molecular complexity index is 315. The van der Waals surface area contributed by atoms with E-state index in [2.05, 4.69) is 5.10 Å². The fourth-order valence-corrected chi connectivity index (χ4v) is 1.20. The molecule has 0 saturated heterocycles. The van der Waals surface area contributed by atoms with Crippen LogP contribution in [0.1, 0.15) is 30.0 Å². The van der Waals surface area contributed by atoms with Crippen LogP contribution in [0.3, 0.4) is 0 Å². The van der Waals surface area contributed by atoms with Crippen molar-refractivity contribution in [1.29, 1.82) is 0 Å². The van der Waals surface area contributed by atoms with E-state index < -0.39 is 5.97 Å². The number of nitrogens with zero attached hydrogens (tertiary/aromatic N) is 2. The molecule has 0 unspecified atom stereocenters. The molecule has 1 heterocycles. The lowest BCUT2D eigenvalue weighted by molar-refractivity contribution is 0.0682. The molecular formula is C9H14N2O2. The number of aromatic nitrogens is 2. The second kappa shape index (κ2) is 3.60. The van der Waals surface area contributed by atoms with Gasteiger partial charge in [0.1, 0.15) is 5.69 Å². The molecule has 0 saturated carbocycles. The van der Waals surface area contributed by atoms with Crippen LogP contribution in [0.4, 0.5) is 0 Å². The van der Waals surface area contributed by atoms with Gasteiger partial charge in [-0.2, -0.15) is 5.10 Å². The summed E-state index contributed by atoms with van der Waals surface area (Å²) in [7, 11) is 0. The number of carbonyl (C=O) groups is 1. The van der Waals surface area contributed by atoms with Crippen LogP contribution in [0.25, 0.3) is 0 Å². The minimum absolute atomic E-state index is 0.270. The van der Waals surface area contributed by atoms with Crippen molar-refractivity contribution in [3.63, 3.8) is 0 Å². The van der Waals surface area contributed by atoms with Crippen molar-refractivity contribution in [2.45, 2.75) is 27.3 Å². The Morgan fingerprint density at radius 3 is 2.77 bits per heavy atom. The zero-order valence-electron chi connectivity index (χ0n) is 8.11. The average molecular weight is 182 g/mol. The topological polar surface area (TPSA) is 55.1 Å². The van der Waals surface area contributed by atoms with Crippen LogP contribution < -0.4 is 0 Å². The van der Waals surface area contributed by atoms with Gasteiger partial charge in [-0.3, -0.25) is 4.68 Å². The van der Waals surface area contributed by atoms with Crippen LogP contribution in [-0.4, -0.2) is 20.9 Å². The molecular weight excluding hydrogens is 168 g/mol. The highest BCUT2D eigenvalue weighted by Crippen LogP contribution is 2.06. The zero-order chi connectivity index (χ0) is 10.0. The van der Waals surface area contributed by atoms with Gasteiger partial charge < -0.3 is 5.11 Å². The van der Waals surface area contributed by atoms with E-state index in [0.29, 0.717) is 12.5 Å². The summed E-state index contributed by atoms with van der Waals surface area (Å²) in [6.45, 7) is 6.50. The first-order valence-electron chi connectivity index (χ1n) is 4.28. The highest BCUT2D eigenvalue weighted by Gasteiger charge is 2.12. The highest BCUT2D eigenvalue weighted by atomic mass is 16.4. The summed E-state index contributed by atoms with van der Waals surface area (Å²) < 4.78 is 1.54. The summed E-state index contributed by atoms with van der Waals surface area (Å²) in [5.74, 6) is -0.515. The standard InChI is InChI=1S/C9H14N2O2/c1-6(2)5-11-8(9(12)13)4-7(3)10-11/h4,6H,5H2,1-3H3,(H,12,13). The summed E-state index contributed by atoms with van der Waals surface area (Å²) in [5.41, 5.74) is 1.02. The fourth-order valence-electron chi connectivity index (χ4n) is 1.20. The number of aryl methyl sites for hydroxylation is 1. The lowest BCUT2D eigenvalue weighted by Crippen LogP contribution is -2.13. The molecule has 0 aromatic carbocycles. The van der Waals surface area contributed by atoms with Crippen molar-refractivity contribution in [3.8, 4) is 0 Å². The third-order valence-corrected chi connectivity index (χ3v) is 1.66. The second-order valence-electron chi connectivity index (χ2n) is 3.55. The van der Waals surface area contributed by atoms with Gasteiger partial charge >= 0.3 is 5.97 Å². The van der Waals surface area contributed by atoms with Crippen LogP contribution >= 0.6 is 0 Å². The molecule has 1 N–H and O–H groups in total. The van der Waals surface area contributed by atoms with E-state index in [1.165, 1.54) is 0 Å². The molecule has 0 aliphatic rings. The van der Waals surface area contributed by atoms with Crippen molar-refractivity contribution >= 4 is 5.97 Å². The summed E-state index contributed by atoms with van der Waals surface area (Å²) in [6, 6.07) is 1.59. The molecule has 13 heavy (non-hydrogen) atoms. The Balaban J connectivity index is 2.97. The van der Waals surface area contributed by atoms with Crippen LogP contribution in [0.2, 0.25) is 0 Å². The molecule has 0 bridgehead atoms. The Morgan fingerprint density at radius 1 is 1.69 bits per heavy atom. The van der Waals surface area contributed by atoms with E-state index in [1.807, 2.05) is 13.8 Å². The molecule has 0 amide bonds. The van der Waals surface area contributed by atoms with Gasteiger partial charge in [0.15, 0.2) is 0 Å². The number of rotatable bonds is 3. The van der Waals surface area contributed by atoms with E-state index in [1.54, 1.807) is 17.7 Å². The molecule has 72 valence electrons. The van der Waals surface area contributed by atoms with E-state index in [0.717, 1.165) is 5.69 Å². The Hall–Kier alpha value is -1.32. The Kier molecular flexibility index (Phi) is 2.70. The van der Waals surface area contributed by atoms with Crippen molar-refractivity contribution in [2.24, 2.45) is 5.92 Å². The molecule has 0 fully saturated rings. The third kappa shape index (κ3) is 2.31. The average Bonchev–Trinajstić information content (AvgIpc) is 2.29. The quantitative estimate of drug-likeness (QED) is 0.771. The van der Waals surface area contributed by atoms with Gasteiger partial charge in [-0.15, -0.1) is 0 Å². The smallest absolute Gasteiger partial charge is 0.354 e. The molecule has 1 aromatic heterocycles. The maximum atomic E-state index is 10.8. The highest BCUT2D eigenvalue weighted by molar-refractivity contribution is 5.85. The van der Waals surface area contributed by atoms with Crippen LogP contribution in [0, 0.1) is 12.8 Å². The van der Waals surface area contributed by atoms with Gasteiger partial charge in [-0.1, -0.05) is 13.8 Å². The Morgan fingerprint density at radius 2 is 2.31 bits per heavy atom. The monoisotopic (exact) mass is 182 g/mol. The molecule has 0 spiro atoms. The van der Waals surface area contributed by atoms with Gasteiger partial charge in [-0.25, -0.2) is 4.79 Å². The predicted octanol–water partition coefficient (Wildman–Crippen LogP) is 1.55. The number of aromatic carboxylic acids is 1. The molecule has 0 aliphatic heterocycles. The normalized spacial score (nSPS) is 10.8. The van der Waals surface area contributed by atoms with Gasteiger partial charge in [0.2, 0.25) is 0 Å². The third-order valence-electron chi connectivity index (χ3n) is 1.66. The maximum Gasteiger partial charge on any atom is 0.354 e. The Labute approximate surface area is 77.2 Å². The zero-order valence-corrected chi connectivity index (χ0v) is 8.11. The van der Waals surface area contributed by atoms with Crippen LogP contribution in [0.15, 0.2) is 6.07 Å². The minimum atomic E-state index is -0.916. The summed E-state index contributed by atoms with van der Waals surface area (Å²) in [6.07, 6.45) is 0. The second-order valence-corrected chi connectivity index (χ2v) is 3.55. The van der Waals surface area contributed by atoms with Crippen molar-refractivity contribution < 1.29 is 9.90 Å². The van der Waals surface area contributed by atoms with E-state index in [4.69, 9.17) is 5.11 Å². The number of carboxylic acids is 1. The summed E-state index contributed by atoms with van der Waals surface area (Å²) in [5, 5.41) is 12.9. The minimum Gasteiger partial charge on any atom is -0.477 e. The van der Waals surface area contributed by atoms with Gasteiger partial charge in [-0.05, 0) is 18.9 Å². The molecule has 0 radical (unpaired) electrons. The summed E-state index contributed by atoms with van der Waals surface area (Å²) in [4.78, 5) is 10.8. The molecule has 0 aliphatic carbocycles. The molecule has 0 atom stereocenters. The van der Waals surface area contributed by atoms with Crippen molar-refractivity contribution in [3.05, 3.63) is 17.5 Å². The van der Waals surface area contributed by atoms with E-state index >= 15 is 0 Å². The number of hydrogen-bond donors (Lipinski definition) is 1. The lowest BCUT2D eigenvalue weighted by atomic mass is 10.2. The molecule has 4 nitrogen and oxygen atoms in total. The molecule has 4 heteroatoms. The predicted molar refractivity (Wildman–Crippen MR) is 48.8 cm³/mol. The van der Waals surface area contributed by atoms with Crippen molar-refractivity contribution in [1.82, 2.24) is 9.78 Å². The van der Waals surface area contributed by atoms with Gasteiger partial charge in [0, 0.05) is 6.54 Å². The van der Waals surface area contributed by atoms with Crippen LogP contribution in [-0.2, 0) is 6.54 Å². The number of hydrogen-bond acceptors (Lipinski definition) is 2. The molecule has 1 rings (SSSR count). The molecule has 1 aromatic rings. The number of carboxylic acid groups (broad SMARTS) is 1. The van der Waals surface area contributed by atoms with Crippen LogP contribution in [0.5, 0.6) is 0 Å². The first-order chi connectivity index (χ1) is 6.00. The largest absolute Gasteiger partial charge is 0.477 e. The summed E-state index contributed by atoms with van der Waals surface area (Å²) >= 11 is 0. The fraction of sp³-hybridized carbons (Fsp3) is 0.556.